The molecule has 1 N–H and O–H groups in total. The molecule has 1 heterocycles. The molecule has 0 radical (unpaired) electrons. The molecule has 0 spiro atoms. The van der Waals surface area contributed by atoms with E-state index in [4.69, 9.17) is 4.74 Å². The van der Waals surface area contributed by atoms with Crippen LogP contribution in [0.15, 0.2) is 30.3 Å². The van der Waals surface area contributed by atoms with E-state index in [1.807, 2.05) is 25.1 Å². The molecule has 1 aliphatic rings. The van der Waals surface area contributed by atoms with Crippen LogP contribution in [0.3, 0.4) is 0 Å². The summed E-state index contributed by atoms with van der Waals surface area (Å²) in [7, 11) is -3.19. The van der Waals surface area contributed by atoms with Gasteiger partial charge in [0.05, 0.1) is 18.5 Å². The molecule has 21 heavy (non-hydrogen) atoms. The van der Waals surface area contributed by atoms with Gasteiger partial charge in [-0.15, -0.1) is 0 Å². The van der Waals surface area contributed by atoms with Gasteiger partial charge in [-0.3, -0.25) is 4.90 Å². The summed E-state index contributed by atoms with van der Waals surface area (Å²) in [5.41, 5.74) is 1.26. The van der Waals surface area contributed by atoms with Gasteiger partial charge in [0.1, 0.15) is 0 Å². The second-order valence-corrected chi connectivity index (χ2v) is 7.48. The fraction of sp³-hybridized carbons (Fsp3) is 0.600. The van der Waals surface area contributed by atoms with Gasteiger partial charge in [0.15, 0.2) is 0 Å². The second-order valence-electron chi connectivity index (χ2n) is 5.44. The predicted molar refractivity (Wildman–Crippen MR) is 83.5 cm³/mol. The topological polar surface area (TPSA) is 58.6 Å². The highest BCUT2D eigenvalue weighted by molar-refractivity contribution is 7.89. The SMILES string of the molecule is CCS(=O)(=O)N[C@@H](C)[C@H]1CN(Cc2ccccc2)CCO1. The molecular formula is C15H24N2O3S. The minimum Gasteiger partial charge on any atom is -0.374 e. The lowest BCUT2D eigenvalue weighted by atomic mass is 10.1. The Balaban J connectivity index is 1.91. The highest BCUT2D eigenvalue weighted by Gasteiger charge is 2.27. The van der Waals surface area contributed by atoms with Gasteiger partial charge in [0.2, 0.25) is 10.0 Å². The Kier molecular flexibility index (Phi) is 5.75. The maximum atomic E-state index is 11.6. The van der Waals surface area contributed by atoms with Crippen LogP contribution in [-0.2, 0) is 21.3 Å². The van der Waals surface area contributed by atoms with Crippen molar-refractivity contribution in [1.29, 1.82) is 0 Å². The van der Waals surface area contributed by atoms with Crippen molar-refractivity contribution in [3.8, 4) is 0 Å². The predicted octanol–water partition coefficient (Wildman–Crippen LogP) is 1.22. The van der Waals surface area contributed by atoms with Crippen molar-refractivity contribution in [2.45, 2.75) is 32.5 Å². The van der Waals surface area contributed by atoms with Crippen molar-refractivity contribution in [3.05, 3.63) is 35.9 Å². The van der Waals surface area contributed by atoms with Crippen LogP contribution < -0.4 is 4.72 Å². The Morgan fingerprint density at radius 1 is 1.38 bits per heavy atom. The lowest BCUT2D eigenvalue weighted by Crippen LogP contribution is -2.52. The minimum absolute atomic E-state index is 0.0950. The Hall–Kier alpha value is -0.950. The third-order valence-electron chi connectivity index (χ3n) is 3.73. The molecule has 0 bridgehead atoms. The van der Waals surface area contributed by atoms with Gasteiger partial charge >= 0.3 is 0 Å². The van der Waals surface area contributed by atoms with Gasteiger partial charge in [0.25, 0.3) is 0 Å². The number of ether oxygens (including phenoxy) is 1. The zero-order valence-corrected chi connectivity index (χ0v) is 13.5. The second kappa shape index (κ2) is 7.35. The van der Waals surface area contributed by atoms with Crippen LogP contribution in [0.5, 0.6) is 0 Å². The van der Waals surface area contributed by atoms with E-state index in [2.05, 4.69) is 21.8 Å². The number of nitrogens with one attached hydrogen (secondary N) is 1. The fourth-order valence-electron chi connectivity index (χ4n) is 2.46. The molecule has 1 fully saturated rings. The molecule has 2 atom stereocenters. The van der Waals surface area contributed by atoms with Gasteiger partial charge in [-0.1, -0.05) is 30.3 Å². The maximum Gasteiger partial charge on any atom is 0.211 e. The third kappa shape index (κ3) is 5.07. The van der Waals surface area contributed by atoms with E-state index in [0.717, 1.165) is 19.6 Å². The Morgan fingerprint density at radius 2 is 2.10 bits per heavy atom. The molecule has 0 aromatic heterocycles. The summed E-state index contributed by atoms with van der Waals surface area (Å²) in [5.74, 6) is 0.0950. The molecule has 0 aliphatic carbocycles. The van der Waals surface area contributed by atoms with E-state index in [-0.39, 0.29) is 17.9 Å². The zero-order valence-electron chi connectivity index (χ0n) is 12.7. The molecule has 2 rings (SSSR count). The molecule has 0 unspecified atom stereocenters. The van der Waals surface area contributed by atoms with Crippen molar-refractivity contribution >= 4 is 10.0 Å². The number of rotatable bonds is 6. The van der Waals surface area contributed by atoms with E-state index in [9.17, 15) is 8.42 Å². The van der Waals surface area contributed by atoms with Gasteiger partial charge in [-0.05, 0) is 19.4 Å². The lowest BCUT2D eigenvalue weighted by molar-refractivity contribution is -0.0427. The number of hydrogen-bond donors (Lipinski definition) is 1. The highest BCUT2D eigenvalue weighted by atomic mass is 32.2. The number of sulfonamides is 1. The summed E-state index contributed by atoms with van der Waals surface area (Å²) < 4.78 is 31.7. The molecular weight excluding hydrogens is 288 g/mol. The first-order chi connectivity index (χ1) is 10.00. The zero-order chi connectivity index (χ0) is 15.3. The smallest absolute Gasteiger partial charge is 0.211 e. The lowest BCUT2D eigenvalue weighted by Gasteiger charge is -2.36. The fourth-order valence-corrected chi connectivity index (χ4v) is 3.35. The summed E-state index contributed by atoms with van der Waals surface area (Å²) in [6, 6.07) is 10.1. The number of hydrogen-bond acceptors (Lipinski definition) is 4. The van der Waals surface area contributed by atoms with Crippen LogP contribution in [0.1, 0.15) is 19.4 Å². The maximum absolute atomic E-state index is 11.6. The Labute approximate surface area is 127 Å². The summed E-state index contributed by atoms with van der Waals surface area (Å²) in [5, 5.41) is 0. The quantitative estimate of drug-likeness (QED) is 0.858. The number of morpholine rings is 1. The largest absolute Gasteiger partial charge is 0.374 e. The summed E-state index contributed by atoms with van der Waals surface area (Å²) in [6.07, 6.45) is -0.108. The van der Waals surface area contributed by atoms with Crippen molar-refractivity contribution in [1.82, 2.24) is 9.62 Å². The normalized spacial score (nSPS) is 22.1. The van der Waals surface area contributed by atoms with Crippen molar-refractivity contribution < 1.29 is 13.2 Å². The van der Waals surface area contributed by atoms with Crippen LogP contribution in [-0.4, -0.2) is 50.9 Å². The summed E-state index contributed by atoms with van der Waals surface area (Å²) in [4.78, 5) is 2.31. The van der Waals surface area contributed by atoms with E-state index in [1.165, 1.54) is 5.56 Å². The number of nitrogens with zero attached hydrogens (tertiary/aromatic N) is 1. The molecule has 0 saturated carbocycles. The third-order valence-corrected chi connectivity index (χ3v) is 5.22. The van der Waals surface area contributed by atoms with Crippen LogP contribution in [0.2, 0.25) is 0 Å². The first kappa shape index (κ1) is 16.4. The van der Waals surface area contributed by atoms with E-state index >= 15 is 0 Å². The molecule has 1 aromatic carbocycles. The molecule has 0 amide bonds. The molecule has 1 aromatic rings. The first-order valence-corrected chi connectivity index (χ1v) is 9.03. The summed E-state index contributed by atoms with van der Waals surface area (Å²) >= 11 is 0. The average molecular weight is 312 g/mol. The molecule has 5 nitrogen and oxygen atoms in total. The standard InChI is InChI=1S/C15H24N2O3S/c1-3-21(18,19)16-13(2)15-12-17(9-10-20-15)11-14-7-5-4-6-8-14/h4-8,13,15-16H,3,9-12H2,1-2H3/t13-,15+/m0/s1. The van der Waals surface area contributed by atoms with Crippen LogP contribution in [0.4, 0.5) is 0 Å². The van der Waals surface area contributed by atoms with Gasteiger partial charge in [0, 0.05) is 25.7 Å². The van der Waals surface area contributed by atoms with Crippen LogP contribution >= 0.6 is 0 Å². The first-order valence-electron chi connectivity index (χ1n) is 7.38. The van der Waals surface area contributed by atoms with Gasteiger partial charge < -0.3 is 4.74 Å². The van der Waals surface area contributed by atoms with Crippen LogP contribution in [0, 0.1) is 0 Å². The molecule has 118 valence electrons. The van der Waals surface area contributed by atoms with Crippen LogP contribution in [0.25, 0.3) is 0 Å². The summed E-state index contributed by atoms with van der Waals surface area (Å²) in [6.45, 7) is 6.62. The highest BCUT2D eigenvalue weighted by Crippen LogP contribution is 2.13. The minimum atomic E-state index is -3.19. The average Bonchev–Trinajstić information content (AvgIpc) is 2.48. The Morgan fingerprint density at radius 3 is 2.76 bits per heavy atom. The molecule has 6 heteroatoms. The van der Waals surface area contributed by atoms with Crippen molar-refractivity contribution in [3.63, 3.8) is 0 Å². The van der Waals surface area contributed by atoms with Crippen molar-refractivity contribution in [2.24, 2.45) is 0 Å². The van der Waals surface area contributed by atoms with Gasteiger partial charge in [-0.2, -0.15) is 0 Å². The van der Waals surface area contributed by atoms with Crippen molar-refractivity contribution in [2.75, 3.05) is 25.4 Å². The number of benzene rings is 1. The van der Waals surface area contributed by atoms with Gasteiger partial charge in [-0.25, -0.2) is 13.1 Å². The van der Waals surface area contributed by atoms with E-state index in [0.29, 0.717) is 6.61 Å². The Bertz CT molecular complexity index is 533. The molecule has 1 aliphatic heterocycles. The van der Waals surface area contributed by atoms with E-state index < -0.39 is 10.0 Å². The monoisotopic (exact) mass is 312 g/mol. The van der Waals surface area contributed by atoms with E-state index in [1.54, 1.807) is 6.92 Å². The molecule has 1 saturated heterocycles.